The van der Waals surface area contributed by atoms with Gasteiger partial charge in [-0.2, -0.15) is 0 Å². The molecule has 1 saturated heterocycles. The first-order valence-corrected chi connectivity index (χ1v) is 6.56. The van der Waals surface area contributed by atoms with E-state index >= 15 is 0 Å². The van der Waals surface area contributed by atoms with Gasteiger partial charge in [-0.1, -0.05) is 35.3 Å². The standard InChI is InChI=1S/C13H16Cl2O2/c1-13(7-2-3-8-17-13)12(16)9-5-4-6-10(14)11(9)15/h4-6,12,16H,2-3,7-8H2,1H3. The van der Waals surface area contributed by atoms with Crippen molar-refractivity contribution in [1.82, 2.24) is 0 Å². The van der Waals surface area contributed by atoms with E-state index in [1.54, 1.807) is 18.2 Å². The zero-order valence-electron chi connectivity index (χ0n) is 9.75. The lowest BCUT2D eigenvalue weighted by Crippen LogP contribution is -2.39. The lowest BCUT2D eigenvalue weighted by molar-refractivity contribution is -0.138. The molecular weight excluding hydrogens is 259 g/mol. The summed E-state index contributed by atoms with van der Waals surface area (Å²) < 4.78 is 5.72. The third-order valence-corrected chi connectivity index (χ3v) is 4.19. The lowest BCUT2D eigenvalue weighted by Gasteiger charge is -2.38. The van der Waals surface area contributed by atoms with Crippen molar-refractivity contribution in [2.75, 3.05) is 6.61 Å². The van der Waals surface area contributed by atoms with Gasteiger partial charge in [0.2, 0.25) is 0 Å². The number of benzene rings is 1. The van der Waals surface area contributed by atoms with Gasteiger partial charge in [0.25, 0.3) is 0 Å². The second-order valence-electron chi connectivity index (χ2n) is 4.66. The smallest absolute Gasteiger partial charge is 0.109 e. The number of halogens is 2. The monoisotopic (exact) mass is 274 g/mol. The van der Waals surface area contributed by atoms with Crippen molar-refractivity contribution in [1.29, 1.82) is 0 Å². The van der Waals surface area contributed by atoms with E-state index in [0.29, 0.717) is 22.2 Å². The fourth-order valence-electron chi connectivity index (χ4n) is 2.23. The van der Waals surface area contributed by atoms with Crippen molar-refractivity contribution in [3.63, 3.8) is 0 Å². The Morgan fingerprint density at radius 3 is 2.76 bits per heavy atom. The van der Waals surface area contributed by atoms with Gasteiger partial charge in [-0.3, -0.25) is 0 Å². The summed E-state index contributed by atoms with van der Waals surface area (Å²) in [6, 6.07) is 5.30. The molecule has 1 aromatic carbocycles. The zero-order valence-corrected chi connectivity index (χ0v) is 11.3. The van der Waals surface area contributed by atoms with Gasteiger partial charge in [0.1, 0.15) is 6.10 Å². The SMILES string of the molecule is CC1(C(O)c2cccc(Cl)c2Cl)CCCCO1. The van der Waals surface area contributed by atoms with E-state index in [0.717, 1.165) is 19.3 Å². The fourth-order valence-corrected chi connectivity index (χ4v) is 2.64. The van der Waals surface area contributed by atoms with Crippen LogP contribution in [0.2, 0.25) is 10.0 Å². The Hall–Kier alpha value is -0.280. The Bertz CT molecular complexity index is 400. The second-order valence-corrected chi connectivity index (χ2v) is 5.45. The van der Waals surface area contributed by atoms with E-state index < -0.39 is 11.7 Å². The first kappa shape index (κ1) is 13.2. The topological polar surface area (TPSA) is 29.5 Å². The summed E-state index contributed by atoms with van der Waals surface area (Å²) in [6.07, 6.45) is 2.20. The maximum absolute atomic E-state index is 10.4. The van der Waals surface area contributed by atoms with Crippen LogP contribution in [0.4, 0.5) is 0 Å². The first-order chi connectivity index (χ1) is 8.04. The van der Waals surface area contributed by atoms with Crippen LogP contribution >= 0.6 is 23.2 Å². The third-order valence-electron chi connectivity index (χ3n) is 3.35. The summed E-state index contributed by atoms with van der Waals surface area (Å²) in [5, 5.41) is 11.3. The minimum Gasteiger partial charge on any atom is -0.385 e. The highest BCUT2D eigenvalue weighted by molar-refractivity contribution is 6.42. The summed E-state index contributed by atoms with van der Waals surface area (Å²) in [5.74, 6) is 0. The molecule has 2 rings (SSSR count). The van der Waals surface area contributed by atoms with Crippen LogP contribution < -0.4 is 0 Å². The van der Waals surface area contributed by atoms with Crippen molar-refractivity contribution in [3.05, 3.63) is 33.8 Å². The first-order valence-electron chi connectivity index (χ1n) is 5.80. The number of aliphatic hydroxyl groups is 1. The number of ether oxygens (including phenoxy) is 1. The molecule has 1 fully saturated rings. The number of aliphatic hydroxyl groups excluding tert-OH is 1. The van der Waals surface area contributed by atoms with Crippen LogP contribution in [0, 0.1) is 0 Å². The van der Waals surface area contributed by atoms with Crippen molar-refractivity contribution < 1.29 is 9.84 Å². The van der Waals surface area contributed by atoms with Gasteiger partial charge in [0, 0.05) is 12.2 Å². The summed E-state index contributed by atoms with van der Waals surface area (Å²) >= 11 is 12.1. The number of rotatable bonds is 2. The molecular formula is C13H16Cl2O2. The van der Waals surface area contributed by atoms with E-state index in [4.69, 9.17) is 27.9 Å². The molecule has 4 heteroatoms. The maximum Gasteiger partial charge on any atom is 0.109 e. The van der Waals surface area contributed by atoms with Crippen LogP contribution in [-0.4, -0.2) is 17.3 Å². The summed E-state index contributed by atoms with van der Waals surface area (Å²) in [4.78, 5) is 0. The molecule has 0 amide bonds. The summed E-state index contributed by atoms with van der Waals surface area (Å²) in [7, 11) is 0. The number of hydrogen-bond acceptors (Lipinski definition) is 2. The van der Waals surface area contributed by atoms with E-state index in [2.05, 4.69) is 0 Å². The van der Waals surface area contributed by atoms with E-state index in [-0.39, 0.29) is 0 Å². The highest BCUT2D eigenvalue weighted by Crippen LogP contribution is 2.40. The lowest BCUT2D eigenvalue weighted by atomic mass is 9.86. The third kappa shape index (κ3) is 2.60. The van der Waals surface area contributed by atoms with Crippen LogP contribution in [0.25, 0.3) is 0 Å². The molecule has 1 heterocycles. The average Bonchev–Trinajstić information content (AvgIpc) is 2.33. The Morgan fingerprint density at radius 1 is 1.35 bits per heavy atom. The molecule has 2 atom stereocenters. The highest BCUT2D eigenvalue weighted by Gasteiger charge is 2.37. The fraction of sp³-hybridized carbons (Fsp3) is 0.538. The van der Waals surface area contributed by atoms with E-state index in [1.807, 2.05) is 6.92 Å². The molecule has 0 spiro atoms. The molecule has 0 aromatic heterocycles. The van der Waals surface area contributed by atoms with Gasteiger partial charge in [-0.05, 0) is 32.3 Å². The predicted octanol–water partition coefficient (Wildman–Crippen LogP) is 3.99. The molecule has 94 valence electrons. The molecule has 1 aliphatic heterocycles. The molecule has 0 radical (unpaired) electrons. The zero-order chi connectivity index (χ0) is 12.5. The van der Waals surface area contributed by atoms with Crippen LogP contribution in [0.15, 0.2) is 18.2 Å². The van der Waals surface area contributed by atoms with Crippen molar-refractivity contribution in [3.8, 4) is 0 Å². The molecule has 2 nitrogen and oxygen atoms in total. The highest BCUT2D eigenvalue weighted by atomic mass is 35.5. The Labute approximate surface area is 111 Å². The predicted molar refractivity (Wildman–Crippen MR) is 69.6 cm³/mol. The summed E-state index contributed by atoms with van der Waals surface area (Å²) in [5.41, 5.74) is 0.0793. The van der Waals surface area contributed by atoms with Crippen LogP contribution in [-0.2, 0) is 4.74 Å². The quantitative estimate of drug-likeness (QED) is 0.884. The molecule has 1 aromatic rings. The van der Waals surface area contributed by atoms with Crippen LogP contribution in [0.5, 0.6) is 0 Å². The summed E-state index contributed by atoms with van der Waals surface area (Å²) in [6.45, 7) is 2.61. The van der Waals surface area contributed by atoms with Crippen molar-refractivity contribution in [2.24, 2.45) is 0 Å². The van der Waals surface area contributed by atoms with Crippen molar-refractivity contribution in [2.45, 2.75) is 37.9 Å². The van der Waals surface area contributed by atoms with Crippen LogP contribution in [0.1, 0.15) is 37.9 Å². The second kappa shape index (κ2) is 5.15. The van der Waals surface area contributed by atoms with Gasteiger partial charge in [0.15, 0.2) is 0 Å². The van der Waals surface area contributed by atoms with Gasteiger partial charge in [-0.15, -0.1) is 0 Å². The molecule has 1 N–H and O–H groups in total. The minimum absolute atomic E-state index is 0.414. The Morgan fingerprint density at radius 2 is 2.12 bits per heavy atom. The van der Waals surface area contributed by atoms with Crippen molar-refractivity contribution >= 4 is 23.2 Å². The Kier molecular flexibility index (Phi) is 3.99. The van der Waals surface area contributed by atoms with Gasteiger partial charge in [-0.25, -0.2) is 0 Å². The van der Waals surface area contributed by atoms with E-state index in [1.165, 1.54) is 0 Å². The molecule has 17 heavy (non-hydrogen) atoms. The van der Waals surface area contributed by atoms with Crippen LogP contribution in [0.3, 0.4) is 0 Å². The van der Waals surface area contributed by atoms with Gasteiger partial charge >= 0.3 is 0 Å². The average molecular weight is 275 g/mol. The normalized spacial score (nSPS) is 26.8. The molecule has 1 aliphatic rings. The van der Waals surface area contributed by atoms with Gasteiger partial charge < -0.3 is 9.84 Å². The Balaban J connectivity index is 2.29. The molecule has 2 unspecified atom stereocenters. The minimum atomic E-state index is -0.742. The maximum atomic E-state index is 10.4. The largest absolute Gasteiger partial charge is 0.385 e. The molecule has 0 saturated carbocycles. The molecule has 0 aliphatic carbocycles. The number of hydrogen-bond donors (Lipinski definition) is 1. The molecule has 0 bridgehead atoms. The van der Waals surface area contributed by atoms with Gasteiger partial charge in [0.05, 0.1) is 15.6 Å². The van der Waals surface area contributed by atoms with E-state index in [9.17, 15) is 5.11 Å².